The predicted octanol–water partition coefficient (Wildman–Crippen LogP) is 2.38. The topological polar surface area (TPSA) is 78.6 Å². The number of benzene rings is 1. The minimum atomic E-state index is -0.615. The number of carbonyl (C=O) groups is 2. The van der Waals surface area contributed by atoms with E-state index in [0.717, 1.165) is 0 Å². The van der Waals surface area contributed by atoms with Crippen molar-refractivity contribution in [2.45, 2.75) is 13.8 Å². The van der Waals surface area contributed by atoms with E-state index in [1.54, 1.807) is 44.2 Å². The van der Waals surface area contributed by atoms with Crippen LogP contribution in [0.2, 0.25) is 0 Å². The summed E-state index contributed by atoms with van der Waals surface area (Å²) in [5.74, 6) is -1.31. The Morgan fingerprint density at radius 2 is 1.90 bits per heavy atom. The molecule has 0 N–H and O–H groups in total. The third-order valence-corrected chi connectivity index (χ3v) is 2.54. The molecule has 2 rings (SSSR count). The van der Waals surface area contributed by atoms with Gasteiger partial charge in [0.05, 0.1) is 17.7 Å². The lowest BCUT2D eigenvalue weighted by Crippen LogP contribution is -2.09. The van der Waals surface area contributed by atoms with Gasteiger partial charge in [0.15, 0.2) is 5.69 Å². The Morgan fingerprint density at radius 1 is 1.20 bits per heavy atom. The van der Waals surface area contributed by atoms with Gasteiger partial charge in [0.25, 0.3) is 0 Å². The second kappa shape index (κ2) is 6.01. The summed E-state index contributed by atoms with van der Waals surface area (Å²) in [5, 5.41) is 3.55. The SMILES string of the molecule is CCOC(=O)c1noc(OC(=O)c2ccccc2)c1C. The molecule has 2 aromatic rings. The van der Waals surface area contributed by atoms with Crippen molar-refractivity contribution >= 4 is 11.9 Å². The first-order valence-electron chi connectivity index (χ1n) is 6.04. The van der Waals surface area contributed by atoms with E-state index in [4.69, 9.17) is 14.0 Å². The standard InChI is InChI=1S/C14H13NO5/c1-3-18-13(17)11-9(2)14(20-15-11)19-12(16)10-7-5-4-6-8-10/h4-8H,3H2,1-2H3. The molecule has 0 radical (unpaired) electrons. The van der Waals surface area contributed by atoms with Crippen LogP contribution in [0.5, 0.6) is 5.95 Å². The van der Waals surface area contributed by atoms with E-state index in [0.29, 0.717) is 11.1 Å². The average molecular weight is 275 g/mol. The molecule has 0 saturated carbocycles. The van der Waals surface area contributed by atoms with Gasteiger partial charge in [-0.25, -0.2) is 9.59 Å². The fraction of sp³-hybridized carbons (Fsp3) is 0.214. The first kappa shape index (κ1) is 13.8. The van der Waals surface area contributed by atoms with Crippen LogP contribution >= 0.6 is 0 Å². The van der Waals surface area contributed by atoms with Crippen molar-refractivity contribution < 1.29 is 23.6 Å². The number of hydrogen-bond acceptors (Lipinski definition) is 6. The van der Waals surface area contributed by atoms with Crippen LogP contribution < -0.4 is 4.74 Å². The normalized spacial score (nSPS) is 10.1. The summed E-state index contributed by atoms with van der Waals surface area (Å²) < 4.78 is 14.7. The second-order valence-corrected chi connectivity index (χ2v) is 3.92. The van der Waals surface area contributed by atoms with Gasteiger partial charge in [0.2, 0.25) is 0 Å². The van der Waals surface area contributed by atoms with Gasteiger partial charge >= 0.3 is 17.9 Å². The number of ether oxygens (including phenoxy) is 2. The van der Waals surface area contributed by atoms with Gasteiger partial charge in [-0.3, -0.25) is 0 Å². The van der Waals surface area contributed by atoms with Gasteiger partial charge in [0, 0.05) is 0 Å². The summed E-state index contributed by atoms with van der Waals surface area (Å²) in [6.07, 6.45) is 0. The molecule has 0 bridgehead atoms. The minimum Gasteiger partial charge on any atom is -0.461 e. The highest BCUT2D eigenvalue weighted by atomic mass is 16.7. The molecule has 1 heterocycles. The van der Waals surface area contributed by atoms with Gasteiger partial charge in [-0.05, 0) is 26.0 Å². The van der Waals surface area contributed by atoms with Crippen molar-refractivity contribution in [2.75, 3.05) is 6.61 Å². The molecular weight excluding hydrogens is 262 g/mol. The van der Waals surface area contributed by atoms with Crippen LogP contribution in [0.25, 0.3) is 0 Å². The molecule has 6 heteroatoms. The maximum absolute atomic E-state index is 11.8. The van der Waals surface area contributed by atoms with Crippen LogP contribution in [0, 0.1) is 6.92 Å². The number of esters is 2. The van der Waals surface area contributed by atoms with Crippen molar-refractivity contribution in [3.63, 3.8) is 0 Å². The maximum atomic E-state index is 11.8. The fourth-order valence-corrected chi connectivity index (χ4v) is 1.52. The van der Waals surface area contributed by atoms with Crippen molar-refractivity contribution in [3.05, 3.63) is 47.2 Å². The molecular formula is C14H13NO5. The summed E-state index contributed by atoms with van der Waals surface area (Å²) in [7, 11) is 0. The van der Waals surface area contributed by atoms with Crippen LogP contribution in [-0.4, -0.2) is 23.7 Å². The Morgan fingerprint density at radius 3 is 2.55 bits per heavy atom. The average Bonchev–Trinajstić information content (AvgIpc) is 2.81. The van der Waals surface area contributed by atoms with Crippen LogP contribution in [0.4, 0.5) is 0 Å². The summed E-state index contributed by atoms with van der Waals surface area (Å²) in [6, 6.07) is 8.44. The van der Waals surface area contributed by atoms with E-state index in [9.17, 15) is 9.59 Å². The number of aromatic nitrogens is 1. The minimum absolute atomic E-state index is 0.00251. The van der Waals surface area contributed by atoms with E-state index in [1.807, 2.05) is 0 Å². The van der Waals surface area contributed by atoms with E-state index in [2.05, 4.69) is 5.16 Å². The zero-order chi connectivity index (χ0) is 14.5. The molecule has 1 aromatic heterocycles. The van der Waals surface area contributed by atoms with Crippen molar-refractivity contribution in [2.24, 2.45) is 0 Å². The lowest BCUT2D eigenvalue weighted by Gasteiger charge is -2.01. The second-order valence-electron chi connectivity index (χ2n) is 3.92. The molecule has 0 amide bonds. The first-order chi connectivity index (χ1) is 9.63. The van der Waals surface area contributed by atoms with E-state index >= 15 is 0 Å². The molecule has 0 atom stereocenters. The Labute approximate surface area is 115 Å². The lowest BCUT2D eigenvalue weighted by atomic mass is 10.2. The highest BCUT2D eigenvalue weighted by Crippen LogP contribution is 2.22. The van der Waals surface area contributed by atoms with Crippen molar-refractivity contribution in [1.29, 1.82) is 0 Å². The zero-order valence-electron chi connectivity index (χ0n) is 11.1. The largest absolute Gasteiger partial charge is 0.461 e. The quantitative estimate of drug-likeness (QED) is 0.797. The lowest BCUT2D eigenvalue weighted by molar-refractivity contribution is 0.0514. The highest BCUT2D eigenvalue weighted by molar-refractivity contribution is 5.92. The number of hydrogen-bond donors (Lipinski definition) is 0. The molecule has 104 valence electrons. The Kier molecular flexibility index (Phi) is 4.14. The molecule has 1 aromatic carbocycles. The van der Waals surface area contributed by atoms with Crippen molar-refractivity contribution in [3.8, 4) is 5.95 Å². The maximum Gasteiger partial charge on any atom is 0.360 e. The molecule has 0 aliphatic rings. The Bertz CT molecular complexity index is 618. The molecule has 0 spiro atoms. The molecule has 20 heavy (non-hydrogen) atoms. The molecule has 0 aliphatic heterocycles. The van der Waals surface area contributed by atoms with Gasteiger partial charge < -0.3 is 14.0 Å². The van der Waals surface area contributed by atoms with Gasteiger partial charge in [0.1, 0.15) is 0 Å². The van der Waals surface area contributed by atoms with Gasteiger partial charge in [-0.15, -0.1) is 0 Å². The third kappa shape index (κ3) is 2.85. The summed E-state index contributed by atoms with van der Waals surface area (Å²) in [5.41, 5.74) is 0.705. The molecule has 0 aliphatic carbocycles. The predicted molar refractivity (Wildman–Crippen MR) is 68.6 cm³/mol. The molecule has 0 fully saturated rings. The Hall–Kier alpha value is -2.63. The van der Waals surface area contributed by atoms with Gasteiger partial charge in [-0.2, -0.15) is 0 Å². The zero-order valence-corrected chi connectivity index (χ0v) is 11.1. The van der Waals surface area contributed by atoms with Crippen LogP contribution in [0.3, 0.4) is 0 Å². The summed E-state index contributed by atoms with van der Waals surface area (Å²) in [4.78, 5) is 23.4. The highest BCUT2D eigenvalue weighted by Gasteiger charge is 2.22. The molecule has 0 saturated heterocycles. The van der Waals surface area contributed by atoms with E-state index in [1.165, 1.54) is 0 Å². The van der Waals surface area contributed by atoms with E-state index in [-0.39, 0.29) is 18.2 Å². The van der Waals surface area contributed by atoms with Crippen LogP contribution in [0.1, 0.15) is 33.3 Å². The molecule has 6 nitrogen and oxygen atoms in total. The fourth-order valence-electron chi connectivity index (χ4n) is 1.52. The summed E-state index contributed by atoms with van der Waals surface area (Å²) >= 11 is 0. The Balaban J connectivity index is 2.15. The molecule has 0 unspecified atom stereocenters. The van der Waals surface area contributed by atoms with Crippen LogP contribution in [-0.2, 0) is 4.74 Å². The smallest absolute Gasteiger partial charge is 0.360 e. The number of rotatable bonds is 4. The first-order valence-corrected chi connectivity index (χ1v) is 6.04. The number of nitrogens with zero attached hydrogens (tertiary/aromatic N) is 1. The summed E-state index contributed by atoms with van der Waals surface area (Å²) in [6.45, 7) is 3.48. The monoisotopic (exact) mass is 275 g/mol. The van der Waals surface area contributed by atoms with Crippen molar-refractivity contribution in [1.82, 2.24) is 5.16 Å². The third-order valence-electron chi connectivity index (χ3n) is 2.54. The van der Waals surface area contributed by atoms with Crippen LogP contribution in [0.15, 0.2) is 34.9 Å². The number of carbonyl (C=O) groups excluding carboxylic acids is 2. The van der Waals surface area contributed by atoms with E-state index < -0.39 is 11.9 Å². The van der Waals surface area contributed by atoms with Gasteiger partial charge in [-0.1, -0.05) is 23.4 Å².